The average Bonchev–Trinajstić information content (AvgIpc) is 2.64. The van der Waals surface area contributed by atoms with E-state index in [0.717, 1.165) is 13.1 Å². The topological polar surface area (TPSA) is 61.6 Å². The van der Waals surface area contributed by atoms with Gasteiger partial charge in [-0.1, -0.05) is 6.92 Å². The van der Waals surface area contributed by atoms with Crippen molar-refractivity contribution in [3.05, 3.63) is 0 Å². The zero-order chi connectivity index (χ0) is 11.3. The first-order valence-corrected chi connectivity index (χ1v) is 5.59. The SMILES string of the molecule is CCN1CCCC1CN(C)CC(=O)NN. The van der Waals surface area contributed by atoms with Gasteiger partial charge >= 0.3 is 0 Å². The fraction of sp³-hybridized carbons (Fsp3) is 0.900. The molecule has 0 aromatic rings. The molecule has 1 atom stereocenters. The van der Waals surface area contributed by atoms with Gasteiger partial charge in [0.2, 0.25) is 5.91 Å². The lowest BCUT2D eigenvalue weighted by Gasteiger charge is -2.27. The minimum absolute atomic E-state index is 0.126. The second-order valence-electron chi connectivity index (χ2n) is 4.19. The second kappa shape index (κ2) is 6.05. The Hall–Kier alpha value is -0.650. The van der Waals surface area contributed by atoms with E-state index in [1.165, 1.54) is 19.4 Å². The van der Waals surface area contributed by atoms with Gasteiger partial charge in [0.1, 0.15) is 0 Å². The third kappa shape index (κ3) is 3.77. The number of rotatable bonds is 5. The number of carbonyl (C=O) groups is 1. The monoisotopic (exact) mass is 214 g/mol. The second-order valence-corrected chi connectivity index (χ2v) is 4.19. The van der Waals surface area contributed by atoms with E-state index in [-0.39, 0.29) is 5.91 Å². The van der Waals surface area contributed by atoms with Gasteiger partial charge in [0, 0.05) is 12.6 Å². The molecule has 0 spiro atoms. The molecule has 0 bridgehead atoms. The lowest BCUT2D eigenvalue weighted by Crippen LogP contribution is -2.44. The van der Waals surface area contributed by atoms with Crippen molar-refractivity contribution in [3.63, 3.8) is 0 Å². The van der Waals surface area contributed by atoms with Crippen molar-refractivity contribution in [2.24, 2.45) is 5.84 Å². The van der Waals surface area contributed by atoms with Crippen LogP contribution in [0.5, 0.6) is 0 Å². The maximum Gasteiger partial charge on any atom is 0.248 e. The first kappa shape index (κ1) is 12.4. The van der Waals surface area contributed by atoms with Crippen LogP contribution in [-0.2, 0) is 4.79 Å². The molecule has 0 aromatic carbocycles. The molecule has 3 N–H and O–H groups in total. The van der Waals surface area contributed by atoms with Crippen molar-refractivity contribution in [3.8, 4) is 0 Å². The van der Waals surface area contributed by atoms with Gasteiger partial charge in [-0.15, -0.1) is 0 Å². The van der Waals surface area contributed by atoms with Gasteiger partial charge in [-0.3, -0.25) is 20.0 Å². The number of hydrogen-bond donors (Lipinski definition) is 2. The summed E-state index contributed by atoms with van der Waals surface area (Å²) in [5, 5.41) is 0. The van der Waals surface area contributed by atoms with Crippen molar-refractivity contribution < 1.29 is 4.79 Å². The summed E-state index contributed by atoms with van der Waals surface area (Å²) in [5.74, 6) is 4.92. The Kier molecular flexibility index (Phi) is 5.01. The van der Waals surface area contributed by atoms with E-state index in [4.69, 9.17) is 5.84 Å². The number of hydrazine groups is 1. The Morgan fingerprint density at radius 2 is 2.40 bits per heavy atom. The van der Waals surface area contributed by atoms with Gasteiger partial charge in [0.25, 0.3) is 0 Å². The number of hydrogen-bond acceptors (Lipinski definition) is 4. The number of carbonyl (C=O) groups excluding carboxylic acids is 1. The molecule has 1 saturated heterocycles. The Labute approximate surface area is 91.6 Å². The van der Waals surface area contributed by atoms with Crippen LogP contribution < -0.4 is 11.3 Å². The molecule has 5 heteroatoms. The molecule has 1 unspecified atom stereocenters. The summed E-state index contributed by atoms with van der Waals surface area (Å²) < 4.78 is 0. The molecule has 88 valence electrons. The highest BCUT2D eigenvalue weighted by Crippen LogP contribution is 2.16. The van der Waals surface area contributed by atoms with E-state index in [1.54, 1.807) is 0 Å². The molecular weight excluding hydrogens is 192 g/mol. The number of nitrogens with two attached hydrogens (primary N) is 1. The predicted molar refractivity (Wildman–Crippen MR) is 60.1 cm³/mol. The van der Waals surface area contributed by atoms with Gasteiger partial charge in [-0.2, -0.15) is 0 Å². The van der Waals surface area contributed by atoms with Crippen molar-refractivity contribution in [2.45, 2.75) is 25.8 Å². The third-order valence-electron chi connectivity index (χ3n) is 3.00. The molecule has 15 heavy (non-hydrogen) atoms. The predicted octanol–water partition coefficient (Wildman–Crippen LogP) is -0.608. The van der Waals surface area contributed by atoms with Crippen LogP contribution in [0.3, 0.4) is 0 Å². The summed E-state index contributed by atoms with van der Waals surface area (Å²) in [6.45, 7) is 5.80. The summed E-state index contributed by atoms with van der Waals surface area (Å²) >= 11 is 0. The van der Waals surface area contributed by atoms with Gasteiger partial charge in [-0.05, 0) is 33.0 Å². The van der Waals surface area contributed by atoms with Gasteiger partial charge in [-0.25, -0.2) is 5.84 Å². The third-order valence-corrected chi connectivity index (χ3v) is 3.00. The first-order valence-electron chi connectivity index (χ1n) is 5.59. The molecule has 1 rings (SSSR count). The molecule has 5 nitrogen and oxygen atoms in total. The van der Waals surface area contributed by atoms with Crippen molar-refractivity contribution in [2.75, 3.05) is 33.2 Å². The normalized spacial score (nSPS) is 22.3. The zero-order valence-corrected chi connectivity index (χ0v) is 9.70. The minimum Gasteiger partial charge on any atom is -0.299 e. The number of likely N-dealkylation sites (tertiary alicyclic amines) is 1. The Bertz CT molecular complexity index is 210. The number of nitrogens with one attached hydrogen (secondary N) is 1. The van der Waals surface area contributed by atoms with E-state index >= 15 is 0 Å². The van der Waals surface area contributed by atoms with E-state index < -0.39 is 0 Å². The molecule has 0 aromatic heterocycles. The van der Waals surface area contributed by atoms with E-state index in [2.05, 4.69) is 17.2 Å². The highest BCUT2D eigenvalue weighted by atomic mass is 16.2. The largest absolute Gasteiger partial charge is 0.299 e. The van der Waals surface area contributed by atoms with Crippen LogP contribution in [0.4, 0.5) is 0 Å². The summed E-state index contributed by atoms with van der Waals surface area (Å²) in [6, 6.07) is 0.602. The number of likely N-dealkylation sites (N-methyl/N-ethyl adjacent to an activating group) is 2. The Balaban J connectivity index is 2.30. The average molecular weight is 214 g/mol. The van der Waals surface area contributed by atoms with Crippen molar-refractivity contribution in [1.82, 2.24) is 15.2 Å². The molecule has 0 aliphatic carbocycles. The highest BCUT2D eigenvalue weighted by molar-refractivity contribution is 5.77. The van der Waals surface area contributed by atoms with Gasteiger partial charge in [0.15, 0.2) is 0 Å². The van der Waals surface area contributed by atoms with Gasteiger partial charge in [0.05, 0.1) is 6.54 Å². The summed E-state index contributed by atoms with van der Waals surface area (Å²) in [6.07, 6.45) is 2.51. The summed E-state index contributed by atoms with van der Waals surface area (Å²) in [7, 11) is 1.96. The molecular formula is C10H22N4O. The number of amides is 1. The molecule has 1 amide bonds. The molecule has 0 saturated carbocycles. The lowest BCUT2D eigenvalue weighted by molar-refractivity contribution is -0.122. The van der Waals surface area contributed by atoms with Gasteiger partial charge < -0.3 is 0 Å². The van der Waals surface area contributed by atoms with Crippen LogP contribution in [0.15, 0.2) is 0 Å². The zero-order valence-electron chi connectivity index (χ0n) is 9.70. The standard InChI is InChI=1S/C10H22N4O/c1-3-14-6-4-5-9(14)7-13(2)8-10(15)12-11/h9H,3-8,11H2,1-2H3,(H,12,15). The minimum atomic E-state index is -0.126. The smallest absolute Gasteiger partial charge is 0.248 e. The Morgan fingerprint density at radius 1 is 1.67 bits per heavy atom. The fourth-order valence-electron chi connectivity index (χ4n) is 2.23. The van der Waals surface area contributed by atoms with Crippen molar-refractivity contribution >= 4 is 5.91 Å². The molecule has 1 aliphatic heterocycles. The van der Waals surface area contributed by atoms with E-state index in [9.17, 15) is 4.79 Å². The molecule has 0 radical (unpaired) electrons. The van der Waals surface area contributed by atoms with Crippen LogP contribution in [0.25, 0.3) is 0 Å². The van der Waals surface area contributed by atoms with Crippen LogP contribution in [-0.4, -0.2) is 55.0 Å². The molecule has 1 heterocycles. The lowest BCUT2D eigenvalue weighted by atomic mass is 10.2. The van der Waals surface area contributed by atoms with Crippen LogP contribution >= 0.6 is 0 Å². The van der Waals surface area contributed by atoms with Crippen LogP contribution in [0.2, 0.25) is 0 Å². The Morgan fingerprint density at radius 3 is 3.00 bits per heavy atom. The van der Waals surface area contributed by atoms with Crippen molar-refractivity contribution in [1.29, 1.82) is 0 Å². The number of nitrogens with zero attached hydrogens (tertiary/aromatic N) is 2. The fourth-order valence-corrected chi connectivity index (χ4v) is 2.23. The van der Waals surface area contributed by atoms with Crippen LogP contribution in [0, 0.1) is 0 Å². The summed E-state index contributed by atoms with van der Waals surface area (Å²) in [5.41, 5.74) is 2.15. The maximum absolute atomic E-state index is 11.1. The quantitative estimate of drug-likeness (QED) is 0.364. The summed E-state index contributed by atoms with van der Waals surface area (Å²) in [4.78, 5) is 15.6. The highest BCUT2D eigenvalue weighted by Gasteiger charge is 2.24. The molecule has 1 fully saturated rings. The molecule has 1 aliphatic rings. The van der Waals surface area contributed by atoms with E-state index in [1.807, 2.05) is 11.9 Å². The first-order chi connectivity index (χ1) is 7.17. The maximum atomic E-state index is 11.1. The van der Waals surface area contributed by atoms with Crippen LogP contribution in [0.1, 0.15) is 19.8 Å². The van der Waals surface area contributed by atoms with E-state index in [0.29, 0.717) is 12.6 Å².